The van der Waals surface area contributed by atoms with Gasteiger partial charge in [0.25, 0.3) is 0 Å². The van der Waals surface area contributed by atoms with E-state index in [-0.39, 0.29) is 0 Å². The van der Waals surface area contributed by atoms with Crippen LogP contribution in [0.5, 0.6) is 5.75 Å². The molecule has 0 heterocycles. The molecule has 1 unspecified atom stereocenters. The molecule has 0 bridgehead atoms. The highest BCUT2D eigenvalue weighted by Gasteiger charge is 1.99. The quantitative estimate of drug-likeness (QED) is 0.793. The second kappa shape index (κ2) is 7.07. The summed E-state index contributed by atoms with van der Waals surface area (Å²) in [4.78, 5) is 0. The lowest BCUT2D eigenvalue weighted by molar-refractivity contribution is 0.339. The number of benzene rings is 1. The van der Waals surface area contributed by atoms with Gasteiger partial charge in [-0.25, -0.2) is 0 Å². The molecule has 1 rings (SSSR count). The summed E-state index contributed by atoms with van der Waals surface area (Å²) in [6.45, 7) is 7.94. The molecule has 0 aliphatic heterocycles. The van der Waals surface area contributed by atoms with Crippen molar-refractivity contribution in [3.63, 3.8) is 0 Å². The number of para-hydroxylation sites is 1. The highest BCUT2D eigenvalue weighted by Crippen LogP contribution is 2.19. The van der Waals surface area contributed by atoms with Gasteiger partial charge in [0.15, 0.2) is 0 Å². The third kappa shape index (κ3) is 4.07. The fourth-order valence-corrected chi connectivity index (χ4v) is 1.54. The van der Waals surface area contributed by atoms with Crippen LogP contribution in [0.4, 0.5) is 0 Å². The minimum absolute atomic E-state index is 0.389. The zero-order valence-corrected chi connectivity index (χ0v) is 10.4. The highest BCUT2D eigenvalue weighted by molar-refractivity contribution is 5.57. The minimum Gasteiger partial charge on any atom is -0.493 e. The van der Waals surface area contributed by atoms with Gasteiger partial charge in [-0.3, -0.25) is 0 Å². The van der Waals surface area contributed by atoms with Gasteiger partial charge in [-0.05, 0) is 26.5 Å². The van der Waals surface area contributed by atoms with E-state index >= 15 is 0 Å². The summed E-state index contributed by atoms with van der Waals surface area (Å²) in [5.74, 6) is 0.949. The summed E-state index contributed by atoms with van der Waals surface area (Å²) in [5.41, 5.74) is 1.13. The van der Waals surface area contributed by atoms with Crippen LogP contribution in [0.3, 0.4) is 0 Å². The second-order valence-electron chi connectivity index (χ2n) is 3.68. The average Bonchev–Trinajstić information content (AvgIpc) is 2.29. The van der Waals surface area contributed by atoms with Crippen LogP contribution in [0.2, 0.25) is 0 Å². The van der Waals surface area contributed by atoms with Crippen molar-refractivity contribution in [2.75, 3.05) is 13.2 Å². The SMILES string of the molecule is CCNC(C)/C=C/c1ccccc1OCC. The molecule has 0 amide bonds. The Morgan fingerprint density at radius 1 is 1.31 bits per heavy atom. The van der Waals surface area contributed by atoms with Crippen LogP contribution < -0.4 is 10.1 Å². The lowest BCUT2D eigenvalue weighted by atomic mass is 10.1. The Bertz CT molecular complexity index is 333. The van der Waals surface area contributed by atoms with E-state index < -0.39 is 0 Å². The van der Waals surface area contributed by atoms with Gasteiger partial charge in [-0.15, -0.1) is 0 Å². The molecular weight excluding hydrogens is 198 g/mol. The zero-order chi connectivity index (χ0) is 11.8. The monoisotopic (exact) mass is 219 g/mol. The maximum Gasteiger partial charge on any atom is 0.126 e. The molecule has 2 nitrogen and oxygen atoms in total. The first kappa shape index (κ1) is 12.8. The number of rotatable bonds is 6. The average molecular weight is 219 g/mol. The van der Waals surface area contributed by atoms with Crippen LogP contribution >= 0.6 is 0 Å². The summed E-state index contributed by atoms with van der Waals surface area (Å²) in [6.07, 6.45) is 4.26. The molecule has 0 fully saturated rings. The predicted molar refractivity (Wildman–Crippen MR) is 69.8 cm³/mol. The molecule has 0 aliphatic carbocycles. The first-order valence-electron chi connectivity index (χ1n) is 5.91. The third-order valence-electron chi connectivity index (χ3n) is 2.31. The number of hydrogen-bond donors (Lipinski definition) is 1. The van der Waals surface area contributed by atoms with Crippen molar-refractivity contribution in [3.8, 4) is 5.75 Å². The van der Waals surface area contributed by atoms with Gasteiger partial charge < -0.3 is 10.1 Å². The van der Waals surface area contributed by atoms with Crippen molar-refractivity contribution < 1.29 is 4.74 Å². The largest absolute Gasteiger partial charge is 0.493 e. The number of hydrogen-bond acceptors (Lipinski definition) is 2. The summed E-state index contributed by atoms with van der Waals surface area (Å²) >= 11 is 0. The van der Waals surface area contributed by atoms with E-state index in [4.69, 9.17) is 4.74 Å². The Morgan fingerprint density at radius 3 is 2.75 bits per heavy atom. The number of ether oxygens (including phenoxy) is 1. The van der Waals surface area contributed by atoms with Crippen LogP contribution in [-0.4, -0.2) is 19.2 Å². The van der Waals surface area contributed by atoms with Gasteiger partial charge in [0.1, 0.15) is 5.75 Å². The molecule has 0 spiro atoms. The van der Waals surface area contributed by atoms with Crippen LogP contribution in [0.25, 0.3) is 6.08 Å². The van der Waals surface area contributed by atoms with Crippen molar-refractivity contribution in [3.05, 3.63) is 35.9 Å². The summed E-state index contributed by atoms with van der Waals surface area (Å²) in [7, 11) is 0. The van der Waals surface area contributed by atoms with Gasteiger partial charge in [0.05, 0.1) is 6.61 Å². The lowest BCUT2D eigenvalue weighted by Gasteiger charge is -2.08. The maximum atomic E-state index is 5.56. The lowest BCUT2D eigenvalue weighted by Crippen LogP contribution is -2.22. The first-order chi connectivity index (χ1) is 7.77. The fraction of sp³-hybridized carbons (Fsp3) is 0.429. The topological polar surface area (TPSA) is 21.3 Å². The molecule has 16 heavy (non-hydrogen) atoms. The molecule has 1 aromatic rings. The van der Waals surface area contributed by atoms with Crippen molar-refractivity contribution >= 4 is 6.08 Å². The Kier molecular flexibility index (Phi) is 5.65. The summed E-state index contributed by atoms with van der Waals surface area (Å²) < 4.78 is 5.56. The molecule has 1 atom stereocenters. The maximum absolute atomic E-state index is 5.56. The van der Waals surface area contributed by atoms with E-state index in [2.05, 4.69) is 37.4 Å². The highest BCUT2D eigenvalue weighted by atomic mass is 16.5. The van der Waals surface area contributed by atoms with E-state index in [0.29, 0.717) is 12.6 Å². The van der Waals surface area contributed by atoms with Crippen molar-refractivity contribution in [2.45, 2.75) is 26.8 Å². The molecule has 2 heteroatoms. The Balaban J connectivity index is 2.71. The number of nitrogens with one attached hydrogen (secondary N) is 1. The Hall–Kier alpha value is -1.28. The molecular formula is C14H21NO. The molecule has 1 N–H and O–H groups in total. The van der Waals surface area contributed by atoms with Crippen LogP contribution in [0.15, 0.2) is 30.3 Å². The van der Waals surface area contributed by atoms with Crippen LogP contribution in [0, 0.1) is 0 Å². The standard InChI is InChI=1S/C14H21NO/c1-4-15-12(3)10-11-13-8-6-7-9-14(13)16-5-2/h6-12,15H,4-5H2,1-3H3/b11-10+. The van der Waals surface area contributed by atoms with E-state index in [1.54, 1.807) is 0 Å². The smallest absolute Gasteiger partial charge is 0.126 e. The van der Waals surface area contributed by atoms with Gasteiger partial charge in [-0.2, -0.15) is 0 Å². The molecule has 0 aromatic heterocycles. The molecule has 0 aliphatic rings. The molecule has 88 valence electrons. The Labute approximate surface area is 98.3 Å². The summed E-state index contributed by atoms with van der Waals surface area (Å²) in [5, 5.41) is 3.34. The Morgan fingerprint density at radius 2 is 2.06 bits per heavy atom. The molecule has 0 saturated carbocycles. The molecule has 0 radical (unpaired) electrons. The van der Waals surface area contributed by atoms with Gasteiger partial charge >= 0.3 is 0 Å². The predicted octanol–water partition coefficient (Wildman–Crippen LogP) is 3.10. The first-order valence-corrected chi connectivity index (χ1v) is 5.91. The zero-order valence-electron chi connectivity index (χ0n) is 10.4. The van der Waals surface area contributed by atoms with Gasteiger partial charge in [0.2, 0.25) is 0 Å². The fourth-order valence-electron chi connectivity index (χ4n) is 1.54. The van der Waals surface area contributed by atoms with Crippen molar-refractivity contribution in [1.29, 1.82) is 0 Å². The van der Waals surface area contributed by atoms with Crippen LogP contribution in [0.1, 0.15) is 26.3 Å². The third-order valence-corrected chi connectivity index (χ3v) is 2.31. The second-order valence-corrected chi connectivity index (χ2v) is 3.68. The number of likely N-dealkylation sites (N-methyl/N-ethyl adjacent to an activating group) is 1. The van der Waals surface area contributed by atoms with Crippen LogP contribution in [-0.2, 0) is 0 Å². The van der Waals surface area contributed by atoms with Crippen molar-refractivity contribution in [1.82, 2.24) is 5.32 Å². The molecule has 1 aromatic carbocycles. The van der Waals surface area contributed by atoms with E-state index in [9.17, 15) is 0 Å². The minimum atomic E-state index is 0.389. The van der Waals surface area contributed by atoms with E-state index in [0.717, 1.165) is 17.9 Å². The van der Waals surface area contributed by atoms with E-state index in [1.165, 1.54) is 0 Å². The normalized spacial score (nSPS) is 12.9. The van der Waals surface area contributed by atoms with Gasteiger partial charge in [0, 0.05) is 11.6 Å². The van der Waals surface area contributed by atoms with Gasteiger partial charge in [-0.1, -0.05) is 37.3 Å². The van der Waals surface area contributed by atoms with Crippen molar-refractivity contribution in [2.24, 2.45) is 0 Å². The van der Waals surface area contributed by atoms with E-state index in [1.807, 2.05) is 25.1 Å². The summed E-state index contributed by atoms with van der Waals surface area (Å²) in [6, 6.07) is 8.48. The molecule has 0 saturated heterocycles.